The quantitative estimate of drug-likeness (QED) is 0.695. The Kier molecular flexibility index (Phi) is 4.59. The number of fused-ring (bicyclic) bond motifs is 1. The molecule has 4 rings (SSSR count). The summed E-state index contributed by atoms with van der Waals surface area (Å²) < 4.78 is 2.22. The number of carbonyl (C=O) groups excluding carboxylic acids is 1. The Morgan fingerprint density at radius 3 is 2.70 bits per heavy atom. The Morgan fingerprint density at radius 2 is 2.00 bits per heavy atom. The third-order valence-electron chi connectivity index (χ3n) is 5.10. The van der Waals surface area contributed by atoms with E-state index in [2.05, 4.69) is 26.7 Å². The van der Waals surface area contributed by atoms with E-state index in [0.29, 0.717) is 18.1 Å². The minimum absolute atomic E-state index is 0.000425. The van der Waals surface area contributed by atoms with Crippen molar-refractivity contribution < 1.29 is 4.79 Å². The van der Waals surface area contributed by atoms with E-state index in [4.69, 9.17) is 4.98 Å². The van der Waals surface area contributed by atoms with Crippen molar-refractivity contribution in [3.8, 4) is 0 Å². The second-order valence-corrected chi connectivity index (χ2v) is 8.18. The molecule has 0 N–H and O–H groups in total. The van der Waals surface area contributed by atoms with Crippen molar-refractivity contribution in [3.05, 3.63) is 40.5 Å². The summed E-state index contributed by atoms with van der Waals surface area (Å²) in [5.41, 5.74) is 2.88. The molecule has 0 radical (unpaired) electrons. The molecule has 4 heterocycles. The first-order chi connectivity index (χ1) is 13.0. The number of imidazole rings is 1. The van der Waals surface area contributed by atoms with Crippen molar-refractivity contribution >= 4 is 28.0 Å². The molecule has 1 saturated heterocycles. The number of piperidine rings is 1. The van der Waals surface area contributed by atoms with Crippen LogP contribution in [-0.2, 0) is 0 Å². The maximum Gasteiger partial charge on any atom is 0.257 e. The van der Waals surface area contributed by atoms with Gasteiger partial charge in [0.25, 0.3) is 5.91 Å². The zero-order valence-electron chi connectivity index (χ0n) is 16.1. The summed E-state index contributed by atoms with van der Waals surface area (Å²) in [5, 5.41) is 2.17. The number of aromatic nitrogens is 4. The highest BCUT2D eigenvalue weighted by atomic mass is 32.1. The van der Waals surface area contributed by atoms with Crippen molar-refractivity contribution in [2.75, 3.05) is 32.1 Å². The number of aryl methyl sites for hydroxylation is 2. The number of anilines is 1. The topological polar surface area (TPSA) is 66.6 Å². The van der Waals surface area contributed by atoms with E-state index < -0.39 is 0 Å². The van der Waals surface area contributed by atoms with E-state index >= 15 is 0 Å². The smallest absolute Gasteiger partial charge is 0.257 e. The zero-order valence-corrected chi connectivity index (χ0v) is 17.0. The van der Waals surface area contributed by atoms with Crippen LogP contribution in [0.5, 0.6) is 0 Å². The third kappa shape index (κ3) is 3.18. The number of rotatable bonds is 3. The summed E-state index contributed by atoms with van der Waals surface area (Å²) in [7, 11) is 3.76. The summed E-state index contributed by atoms with van der Waals surface area (Å²) in [6.45, 7) is 5.61. The van der Waals surface area contributed by atoms with Gasteiger partial charge in [-0.05, 0) is 26.7 Å². The van der Waals surface area contributed by atoms with Gasteiger partial charge in [0, 0.05) is 56.6 Å². The molecule has 3 aromatic rings. The van der Waals surface area contributed by atoms with E-state index in [1.807, 2.05) is 30.8 Å². The molecule has 1 aliphatic rings. The maximum absolute atomic E-state index is 12.9. The fraction of sp³-hybridized carbons (Fsp3) is 0.474. The summed E-state index contributed by atoms with van der Waals surface area (Å²) in [5.74, 6) is 1.90. The van der Waals surface area contributed by atoms with Gasteiger partial charge in [0.2, 0.25) is 5.95 Å². The molecule has 0 saturated carbocycles. The van der Waals surface area contributed by atoms with Crippen molar-refractivity contribution in [1.82, 2.24) is 24.3 Å². The second-order valence-electron chi connectivity index (χ2n) is 7.32. The number of thiazole rings is 1. The molecule has 7 nitrogen and oxygen atoms in total. The molecule has 0 aromatic carbocycles. The lowest BCUT2D eigenvalue weighted by atomic mass is 9.95. The predicted octanol–water partition coefficient (Wildman–Crippen LogP) is 2.89. The number of hydrogen-bond donors (Lipinski definition) is 0. The first kappa shape index (κ1) is 17.9. The maximum atomic E-state index is 12.9. The molecule has 0 spiro atoms. The summed E-state index contributed by atoms with van der Waals surface area (Å²) in [4.78, 5) is 31.3. The standard InChI is InChI=1S/C19H24N6OS/c1-12-11-27-18-16(22-13(2)25(12)18)14-6-5-7-24(10-14)17(26)15-8-20-19(21-9-15)23(3)4/h8-9,11,14H,5-7,10H2,1-4H3. The lowest BCUT2D eigenvalue weighted by Gasteiger charge is -2.32. The summed E-state index contributed by atoms with van der Waals surface area (Å²) in [6.07, 6.45) is 5.28. The highest BCUT2D eigenvalue weighted by molar-refractivity contribution is 7.15. The predicted molar refractivity (Wildman–Crippen MR) is 107 cm³/mol. The van der Waals surface area contributed by atoms with E-state index in [0.717, 1.165) is 30.9 Å². The molecule has 0 bridgehead atoms. The van der Waals surface area contributed by atoms with Gasteiger partial charge in [-0.2, -0.15) is 0 Å². The normalized spacial score (nSPS) is 17.5. The van der Waals surface area contributed by atoms with Gasteiger partial charge in [-0.25, -0.2) is 15.0 Å². The molecule has 1 atom stereocenters. The molecule has 1 amide bonds. The molecule has 1 unspecified atom stereocenters. The van der Waals surface area contributed by atoms with Gasteiger partial charge < -0.3 is 9.80 Å². The molecule has 142 valence electrons. The van der Waals surface area contributed by atoms with Crippen LogP contribution in [0.1, 0.15) is 46.3 Å². The van der Waals surface area contributed by atoms with Gasteiger partial charge in [0.05, 0.1) is 11.3 Å². The Morgan fingerprint density at radius 1 is 1.26 bits per heavy atom. The first-order valence-corrected chi connectivity index (χ1v) is 10.1. The van der Waals surface area contributed by atoms with Crippen molar-refractivity contribution in [2.24, 2.45) is 0 Å². The van der Waals surface area contributed by atoms with Crippen molar-refractivity contribution in [2.45, 2.75) is 32.6 Å². The summed E-state index contributed by atoms with van der Waals surface area (Å²) in [6, 6.07) is 0. The van der Waals surface area contributed by atoms with Crippen LogP contribution in [0, 0.1) is 13.8 Å². The molecular formula is C19H24N6OS. The highest BCUT2D eigenvalue weighted by Gasteiger charge is 2.29. The van der Waals surface area contributed by atoms with Crippen LogP contribution < -0.4 is 4.90 Å². The minimum atomic E-state index is -0.000425. The van der Waals surface area contributed by atoms with Crippen molar-refractivity contribution in [1.29, 1.82) is 0 Å². The Balaban J connectivity index is 1.56. The fourth-order valence-electron chi connectivity index (χ4n) is 3.75. The fourth-order valence-corrected chi connectivity index (χ4v) is 4.85. The molecule has 3 aromatic heterocycles. The van der Waals surface area contributed by atoms with Gasteiger partial charge in [-0.1, -0.05) is 0 Å². The Labute approximate surface area is 162 Å². The van der Waals surface area contributed by atoms with Gasteiger partial charge >= 0.3 is 0 Å². The monoisotopic (exact) mass is 384 g/mol. The average Bonchev–Trinajstić information content (AvgIpc) is 3.22. The third-order valence-corrected chi connectivity index (χ3v) is 6.18. The Bertz CT molecular complexity index is 974. The van der Waals surface area contributed by atoms with Gasteiger partial charge in [-0.3, -0.25) is 9.20 Å². The number of carbonyl (C=O) groups is 1. The molecule has 0 aliphatic carbocycles. The Hall–Kier alpha value is -2.48. The average molecular weight is 385 g/mol. The van der Waals surface area contributed by atoms with Crippen LogP contribution in [-0.4, -0.2) is 57.3 Å². The molecule has 1 fully saturated rings. The van der Waals surface area contributed by atoms with Crippen LogP contribution in [0.4, 0.5) is 5.95 Å². The SMILES string of the molecule is Cc1csc2c(C3CCCN(C(=O)c4cnc(N(C)C)nc4)C3)nc(C)n12. The number of amides is 1. The summed E-state index contributed by atoms with van der Waals surface area (Å²) >= 11 is 1.74. The van der Waals surface area contributed by atoms with Gasteiger partial charge in [0.15, 0.2) is 0 Å². The zero-order chi connectivity index (χ0) is 19.1. The molecular weight excluding hydrogens is 360 g/mol. The van der Waals surface area contributed by atoms with E-state index in [1.54, 1.807) is 23.7 Å². The van der Waals surface area contributed by atoms with Gasteiger partial charge in [-0.15, -0.1) is 11.3 Å². The van der Waals surface area contributed by atoms with Crippen LogP contribution in [0.3, 0.4) is 0 Å². The van der Waals surface area contributed by atoms with Crippen LogP contribution in [0.25, 0.3) is 4.83 Å². The van der Waals surface area contributed by atoms with Crippen molar-refractivity contribution in [3.63, 3.8) is 0 Å². The van der Waals surface area contributed by atoms with Crippen LogP contribution in [0.2, 0.25) is 0 Å². The number of hydrogen-bond acceptors (Lipinski definition) is 6. The van der Waals surface area contributed by atoms with Crippen LogP contribution >= 0.6 is 11.3 Å². The largest absolute Gasteiger partial charge is 0.347 e. The first-order valence-electron chi connectivity index (χ1n) is 9.17. The lowest BCUT2D eigenvalue weighted by molar-refractivity contribution is 0.0705. The molecule has 27 heavy (non-hydrogen) atoms. The number of nitrogens with zero attached hydrogens (tertiary/aromatic N) is 6. The van der Waals surface area contributed by atoms with Crippen LogP contribution in [0.15, 0.2) is 17.8 Å². The van der Waals surface area contributed by atoms with E-state index in [-0.39, 0.29) is 11.8 Å². The van der Waals surface area contributed by atoms with E-state index in [9.17, 15) is 4.79 Å². The lowest BCUT2D eigenvalue weighted by Crippen LogP contribution is -2.39. The van der Waals surface area contributed by atoms with Gasteiger partial charge in [0.1, 0.15) is 10.7 Å². The second kappa shape index (κ2) is 6.92. The minimum Gasteiger partial charge on any atom is -0.347 e. The number of likely N-dealkylation sites (tertiary alicyclic amines) is 1. The van der Waals surface area contributed by atoms with E-state index in [1.165, 1.54) is 10.5 Å². The highest BCUT2D eigenvalue weighted by Crippen LogP contribution is 2.33. The molecule has 1 aliphatic heterocycles. The molecule has 8 heteroatoms.